The molecule has 2 fully saturated rings. The normalized spacial score (nSPS) is 29.8. The number of nitrogens with zero attached hydrogens (tertiary/aromatic N) is 3. The molecule has 1 aliphatic heterocycles. The second kappa shape index (κ2) is 5.07. The lowest BCUT2D eigenvalue weighted by atomic mass is 10.2. The van der Waals surface area contributed by atoms with Gasteiger partial charge in [0.1, 0.15) is 5.15 Å². The average molecular weight is 271 g/mol. The summed E-state index contributed by atoms with van der Waals surface area (Å²) in [7, 11) is 0. The van der Waals surface area contributed by atoms with E-state index in [2.05, 4.69) is 10.00 Å². The lowest BCUT2D eigenvalue weighted by Crippen LogP contribution is -2.42. The van der Waals surface area contributed by atoms with Crippen LogP contribution in [0.15, 0.2) is 6.20 Å². The number of morpholine rings is 1. The topological polar surface area (TPSA) is 56.3 Å². The molecule has 1 saturated heterocycles. The van der Waals surface area contributed by atoms with Gasteiger partial charge in [0.05, 0.1) is 31.1 Å². The van der Waals surface area contributed by atoms with Crippen molar-refractivity contribution in [2.75, 3.05) is 32.0 Å². The van der Waals surface area contributed by atoms with Gasteiger partial charge in [0, 0.05) is 19.1 Å². The second-order valence-corrected chi connectivity index (χ2v) is 5.46. The van der Waals surface area contributed by atoms with Crippen LogP contribution < -0.4 is 5.73 Å². The van der Waals surface area contributed by atoms with Gasteiger partial charge in [-0.05, 0) is 19.3 Å². The molecule has 1 aromatic heterocycles. The van der Waals surface area contributed by atoms with Crippen LogP contribution in [0.3, 0.4) is 0 Å². The number of halogens is 1. The van der Waals surface area contributed by atoms with E-state index >= 15 is 0 Å². The Morgan fingerprint density at radius 3 is 2.67 bits per heavy atom. The van der Waals surface area contributed by atoms with Crippen molar-refractivity contribution in [2.45, 2.75) is 31.3 Å². The lowest BCUT2D eigenvalue weighted by Gasteiger charge is -2.32. The molecule has 0 bridgehead atoms. The van der Waals surface area contributed by atoms with Gasteiger partial charge in [0.25, 0.3) is 0 Å². The van der Waals surface area contributed by atoms with E-state index in [4.69, 9.17) is 22.1 Å². The molecule has 1 saturated carbocycles. The summed E-state index contributed by atoms with van der Waals surface area (Å²) in [5, 5.41) is 4.88. The van der Waals surface area contributed by atoms with Crippen LogP contribution in [0.25, 0.3) is 0 Å². The largest absolute Gasteiger partial charge is 0.395 e. The fourth-order valence-corrected chi connectivity index (χ4v) is 3.28. The zero-order valence-electron chi connectivity index (χ0n) is 10.4. The number of anilines is 1. The minimum absolute atomic E-state index is 0.391. The van der Waals surface area contributed by atoms with E-state index in [0.29, 0.717) is 22.9 Å². The molecule has 6 heteroatoms. The molecule has 2 N–H and O–H groups in total. The second-order valence-electron chi connectivity index (χ2n) is 5.10. The number of rotatable bonds is 2. The fraction of sp³-hybridized carbons (Fsp3) is 0.750. The SMILES string of the molecule is Nc1cnn(C2CCC(N3CCOCC3)C2)c1Cl. The number of hydrogen-bond donors (Lipinski definition) is 1. The molecule has 0 aromatic carbocycles. The highest BCUT2D eigenvalue weighted by molar-refractivity contribution is 6.32. The van der Waals surface area contributed by atoms with E-state index in [1.807, 2.05) is 4.68 Å². The Kier molecular flexibility index (Phi) is 3.46. The molecule has 2 heterocycles. The Morgan fingerprint density at radius 2 is 2.00 bits per heavy atom. The maximum atomic E-state index is 6.16. The van der Waals surface area contributed by atoms with Crippen molar-refractivity contribution in [1.82, 2.24) is 14.7 Å². The van der Waals surface area contributed by atoms with Crippen molar-refractivity contribution in [3.05, 3.63) is 11.3 Å². The molecule has 2 unspecified atom stereocenters. The van der Waals surface area contributed by atoms with Crippen LogP contribution in [0.1, 0.15) is 25.3 Å². The molecular weight excluding hydrogens is 252 g/mol. The van der Waals surface area contributed by atoms with Gasteiger partial charge in [-0.3, -0.25) is 4.90 Å². The van der Waals surface area contributed by atoms with Crippen molar-refractivity contribution < 1.29 is 4.74 Å². The average Bonchev–Trinajstić information content (AvgIpc) is 3.00. The molecule has 0 radical (unpaired) electrons. The zero-order chi connectivity index (χ0) is 12.5. The first-order chi connectivity index (χ1) is 8.75. The highest BCUT2D eigenvalue weighted by Crippen LogP contribution is 2.35. The monoisotopic (exact) mass is 270 g/mol. The van der Waals surface area contributed by atoms with Gasteiger partial charge in [-0.2, -0.15) is 5.10 Å². The van der Waals surface area contributed by atoms with E-state index < -0.39 is 0 Å². The van der Waals surface area contributed by atoms with E-state index in [1.165, 1.54) is 6.42 Å². The first-order valence-corrected chi connectivity index (χ1v) is 6.94. The fourth-order valence-electron chi connectivity index (χ4n) is 3.05. The third-order valence-electron chi connectivity index (χ3n) is 4.05. The van der Waals surface area contributed by atoms with E-state index in [9.17, 15) is 0 Å². The number of nitrogen functional groups attached to an aromatic ring is 1. The van der Waals surface area contributed by atoms with Crippen LogP contribution in [0.4, 0.5) is 5.69 Å². The Bertz CT molecular complexity index is 416. The summed E-state index contributed by atoms with van der Waals surface area (Å²) < 4.78 is 7.28. The summed E-state index contributed by atoms with van der Waals surface area (Å²) in [5.74, 6) is 0. The first-order valence-electron chi connectivity index (χ1n) is 6.56. The highest BCUT2D eigenvalue weighted by Gasteiger charge is 2.32. The van der Waals surface area contributed by atoms with Gasteiger partial charge in [-0.15, -0.1) is 0 Å². The molecule has 3 rings (SSSR count). The molecule has 2 aliphatic rings. The van der Waals surface area contributed by atoms with Crippen molar-refractivity contribution in [3.63, 3.8) is 0 Å². The highest BCUT2D eigenvalue weighted by atomic mass is 35.5. The molecule has 2 atom stereocenters. The summed E-state index contributed by atoms with van der Waals surface area (Å²) in [6, 6.07) is 1.03. The minimum Gasteiger partial charge on any atom is -0.395 e. The number of nitrogens with two attached hydrogens (primary N) is 1. The number of ether oxygens (including phenoxy) is 1. The van der Waals surface area contributed by atoms with Crippen LogP contribution in [0, 0.1) is 0 Å². The Labute approximate surface area is 112 Å². The molecule has 1 aromatic rings. The standard InChI is InChI=1S/C12H19ClN4O/c13-12-11(14)8-15-17(12)10-2-1-9(7-10)16-3-5-18-6-4-16/h8-10H,1-7,14H2. The zero-order valence-corrected chi connectivity index (χ0v) is 11.1. The van der Waals surface area contributed by atoms with Gasteiger partial charge in [-0.25, -0.2) is 4.68 Å². The summed E-state index contributed by atoms with van der Waals surface area (Å²) >= 11 is 6.16. The van der Waals surface area contributed by atoms with Gasteiger partial charge in [0.2, 0.25) is 0 Å². The summed E-state index contributed by atoms with van der Waals surface area (Å²) in [5.41, 5.74) is 6.32. The Morgan fingerprint density at radius 1 is 1.28 bits per heavy atom. The Balaban J connectivity index is 1.66. The molecule has 100 valence electrons. The van der Waals surface area contributed by atoms with Crippen LogP contribution in [-0.4, -0.2) is 47.0 Å². The van der Waals surface area contributed by atoms with Crippen molar-refractivity contribution in [1.29, 1.82) is 0 Å². The third-order valence-corrected chi connectivity index (χ3v) is 4.44. The Hall–Kier alpha value is -0.780. The number of aromatic nitrogens is 2. The van der Waals surface area contributed by atoms with E-state index in [-0.39, 0.29) is 0 Å². The van der Waals surface area contributed by atoms with Crippen LogP contribution in [-0.2, 0) is 4.74 Å². The van der Waals surface area contributed by atoms with Crippen LogP contribution >= 0.6 is 11.6 Å². The molecule has 1 aliphatic carbocycles. The molecule has 0 spiro atoms. The third kappa shape index (κ3) is 2.22. The summed E-state index contributed by atoms with van der Waals surface area (Å²) in [6.07, 6.45) is 5.09. The lowest BCUT2D eigenvalue weighted by molar-refractivity contribution is 0.0172. The summed E-state index contributed by atoms with van der Waals surface area (Å²) in [6.45, 7) is 3.81. The van der Waals surface area contributed by atoms with Crippen LogP contribution in [0.2, 0.25) is 5.15 Å². The van der Waals surface area contributed by atoms with Crippen molar-refractivity contribution in [2.24, 2.45) is 0 Å². The van der Waals surface area contributed by atoms with Gasteiger partial charge in [0.15, 0.2) is 0 Å². The number of hydrogen-bond acceptors (Lipinski definition) is 4. The van der Waals surface area contributed by atoms with E-state index in [0.717, 1.165) is 39.1 Å². The smallest absolute Gasteiger partial charge is 0.150 e. The first kappa shape index (κ1) is 12.3. The molecule has 18 heavy (non-hydrogen) atoms. The predicted molar refractivity (Wildman–Crippen MR) is 70.7 cm³/mol. The van der Waals surface area contributed by atoms with Crippen molar-refractivity contribution >= 4 is 17.3 Å². The van der Waals surface area contributed by atoms with Crippen LogP contribution in [0.5, 0.6) is 0 Å². The molecular formula is C12H19ClN4O. The van der Waals surface area contributed by atoms with Crippen molar-refractivity contribution in [3.8, 4) is 0 Å². The van der Waals surface area contributed by atoms with Gasteiger partial charge in [-0.1, -0.05) is 11.6 Å². The minimum atomic E-state index is 0.391. The van der Waals surface area contributed by atoms with Gasteiger partial charge < -0.3 is 10.5 Å². The van der Waals surface area contributed by atoms with E-state index in [1.54, 1.807) is 6.20 Å². The maximum Gasteiger partial charge on any atom is 0.150 e. The maximum absolute atomic E-state index is 6.16. The summed E-state index contributed by atoms with van der Waals surface area (Å²) in [4.78, 5) is 2.53. The molecule has 0 amide bonds. The predicted octanol–water partition coefficient (Wildman–Crippen LogP) is 1.54. The quantitative estimate of drug-likeness (QED) is 0.886. The molecule has 5 nitrogen and oxygen atoms in total. The van der Waals surface area contributed by atoms with Gasteiger partial charge >= 0.3 is 0 Å².